The Labute approximate surface area is 133 Å². The highest BCUT2D eigenvalue weighted by Gasteiger charge is 2.29. The highest BCUT2D eigenvalue weighted by atomic mass is 32.2. The molecule has 0 spiro atoms. The molecule has 2 rings (SSSR count). The zero-order valence-corrected chi connectivity index (χ0v) is 14.6. The van der Waals surface area contributed by atoms with Gasteiger partial charge in [-0.15, -0.1) is 11.8 Å². The molecule has 0 aliphatic carbocycles. The number of benzene rings is 1. The van der Waals surface area contributed by atoms with Gasteiger partial charge in [-0.25, -0.2) is 0 Å². The molecule has 1 unspecified atom stereocenters. The van der Waals surface area contributed by atoms with Gasteiger partial charge in [0.1, 0.15) is 0 Å². The molecule has 1 atom stereocenters. The molecule has 0 radical (unpaired) electrons. The number of hydrogen-bond donors (Lipinski definition) is 1. The lowest BCUT2D eigenvalue weighted by Crippen LogP contribution is -2.54. The monoisotopic (exact) mass is 307 g/mol. The maximum absolute atomic E-state index is 6.07. The molecule has 1 heterocycles. The highest BCUT2D eigenvalue weighted by Crippen LogP contribution is 2.25. The van der Waals surface area contributed by atoms with Gasteiger partial charge in [-0.2, -0.15) is 0 Å². The van der Waals surface area contributed by atoms with E-state index in [0.717, 1.165) is 26.2 Å². The third kappa shape index (κ3) is 4.22. The molecule has 1 aromatic rings. The van der Waals surface area contributed by atoms with Crippen LogP contribution >= 0.6 is 11.8 Å². The van der Waals surface area contributed by atoms with Crippen LogP contribution in [0.15, 0.2) is 29.2 Å². The van der Waals surface area contributed by atoms with Gasteiger partial charge < -0.3 is 5.73 Å². The predicted molar refractivity (Wildman–Crippen MR) is 92.9 cm³/mol. The van der Waals surface area contributed by atoms with Crippen molar-refractivity contribution in [3.8, 4) is 0 Å². The number of piperazine rings is 1. The Balaban J connectivity index is 2.02. The number of rotatable bonds is 4. The van der Waals surface area contributed by atoms with Crippen molar-refractivity contribution >= 4 is 11.8 Å². The van der Waals surface area contributed by atoms with Crippen molar-refractivity contribution in [2.24, 2.45) is 5.73 Å². The summed E-state index contributed by atoms with van der Waals surface area (Å²) in [6, 6.07) is 9.23. The Morgan fingerprint density at radius 2 is 1.67 bits per heavy atom. The highest BCUT2D eigenvalue weighted by molar-refractivity contribution is 7.98. The molecule has 1 fully saturated rings. The van der Waals surface area contributed by atoms with Crippen LogP contribution in [0.25, 0.3) is 0 Å². The summed E-state index contributed by atoms with van der Waals surface area (Å²) in [4.78, 5) is 6.41. The summed E-state index contributed by atoms with van der Waals surface area (Å²) in [5.74, 6) is 0. The molecular weight excluding hydrogens is 278 g/mol. The molecule has 1 aliphatic heterocycles. The second-order valence-electron chi connectivity index (χ2n) is 6.72. The summed E-state index contributed by atoms with van der Waals surface area (Å²) in [5.41, 5.74) is 7.68. The molecule has 0 saturated carbocycles. The van der Waals surface area contributed by atoms with Crippen molar-refractivity contribution in [2.75, 3.05) is 39.0 Å². The van der Waals surface area contributed by atoms with Crippen LogP contribution in [-0.4, -0.2) is 54.3 Å². The molecule has 2 N–H and O–H groups in total. The van der Waals surface area contributed by atoms with Gasteiger partial charge in [0.15, 0.2) is 0 Å². The summed E-state index contributed by atoms with van der Waals surface area (Å²) in [6.07, 6.45) is 2.11. The van der Waals surface area contributed by atoms with E-state index in [4.69, 9.17) is 5.73 Å². The van der Waals surface area contributed by atoms with Gasteiger partial charge in [0.2, 0.25) is 0 Å². The van der Waals surface area contributed by atoms with Crippen molar-refractivity contribution in [1.82, 2.24) is 9.80 Å². The first-order chi connectivity index (χ1) is 9.95. The lowest BCUT2D eigenvalue weighted by Gasteiger charge is -2.44. The number of nitrogens with two attached hydrogens (primary N) is 1. The van der Waals surface area contributed by atoms with Gasteiger partial charge in [0.05, 0.1) is 0 Å². The van der Waals surface area contributed by atoms with Gasteiger partial charge >= 0.3 is 0 Å². The van der Waals surface area contributed by atoms with Crippen LogP contribution in [0.4, 0.5) is 0 Å². The van der Waals surface area contributed by atoms with Gasteiger partial charge in [0, 0.05) is 49.2 Å². The Morgan fingerprint density at radius 3 is 2.10 bits per heavy atom. The lowest BCUT2D eigenvalue weighted by atomic mass is 10.0. The average molecular weight is 308 g/mol. The first-order valence-corrected chi connectivity index (χ1v) is 9.01. The van der Waals surface area contributed by atoms with E-state index in [1.54, 1.807) is 11.8 Å². The van der Waals surface area contributed by atoms with E-state index in [1.165, 1.54) is 10.5 Å². The Bertz CT molecular complexity index is 430. The number of thioether (sulfide) groups is 1. The minimum atomic E-state index is 0.268. The van der Waals surface area contributed by atoms with Gasteiger partial charge in [-0.1, -0.05) is 12.1 Å². The summed E-state index contributed by atoms with van der Waals surface area (Å²) < 4.78 is 0. The summed E-state index contributed by atoms with van der Waals surface area (Å²) >= 11 is 1.78. The van der Waals surface area contributed by atoms with E-state index in [2.05, 4.69) is 61.1 Å². The fourth-order valence-corrected chi connectivity index (χ4v) is 3.43. The molecule has 118 valence electrons. The van der Waals surface area contributed by atoms with Crippen LogP contribution in [-0.2, 0) is 0 Å². The van der Waals surface area contributed by atoms with Crippen LogP contribution in [0.1, 0.15) is 32.4 Å². The molecule has 3 nitrogen and oxygen atoms in total. The lowest BCUT2D eigenvalue weighted by molar-refractivity contribution is 0.0433. The smallest absolute Gasteiger partial charge is 0.0471 e. The first kappa shape index (κ1) is 16.8. The fourth-order valence-electron chi connectivity index (χ4n) is 3.03. The maximum Gasteiger partial charge on any atom is 0.0471 e. The normalized spacial score (nSPS) is 19.7. The van der Waals surface area contributed by atoms with E-state index < -0.39 is 0 Å². The molecule has 1 aliphatic rings. The van der Waals surface area contributed by atoms with Crippen molar-refractivity contribution in [3.63, 3.8) is 0 Å². The molecule has 0 bridgehead atoms. The van der Waals surface area contributed by atoms with Crippen molar-refractivity contribution in [2.45, 2.75) is 37.2 Å². The molecule has 0 aromatic heterocycles. The third-order valence-corrected chi connectivity index (χ3v) is 5.17. The minimum absolute atomic E-state index is 0.268. The maximum atomic E-state index is 6.07. The predicted octanol–water partition coefficient (Wildman–Crippen LogP) is 2.82. The molecule has 1 saturated heterocycles. The van der Waals surface area contributed by atoms with E-state index >= 15 is 0 Å². The summed E-state index contributed by atoms with van der Waals surface area (Å²) in [6.45, 7) is 12.0. The van der Waals surface area contributed by atoms with Crippen LogP contribution in [0.3, 0.4) is 0 Å². The molecule has 0 amide bonds. The van der Waals surface area contributed by atoms with Crippen LogP contribution in [0.5, 0.6) is 0 Å². The average Bonchev–Trinajstić information content (AvgIpc) is 2.48. The fraction of sp³-hybridized carbons (Fsp3) is 0.647. The topological polar surface area (TPSA) is 32.5 Å². The Kier molecular flexibility index (Phi) is 5.72. The third-order valence-electron chi connectivity index (χ3n) is 4.43. The largest absolute Gasteiger partial charge is 0.329 e. The summed E-state index contributed by atoms with van der Waals surface area (Å²) in [7, 11) is 0. The van der Waals surface area contributed by atoms with Gasteiger partial charge in [-0.05, 0) is 44.7 Å². The van der Waals surface area contributed by atoms with E-state index in [-0.39, 0.29) is 5.54 Å². The minimum Gasteiger partial charge on any atom is -0.329 e. The van der Waals surface area contributed by atoms with E-state index in [1.807, 2.05) is 0 Å². The standard InChI is InChI=1S/C17H29N3S/c1-17(2,3)20-11-9-19(10-12-20)16(13-18)14-5-7-15(21-4)8-6-14/h5-8,16H,9-13,18H2,1-4H3. The SMILES string of the molecule is CSc1ccc(C(CN)N2CCN(C(C)(C)C)CC2)cc1. The van der Waals surface area contributed by atoms with Crippen LogP contribution in [0.2, 0.25) is 0 Å². The van der Waals surface area contributed by atoms with Crippen molar-refractivity contribution in [1.29, 1.82) is 0 Å². The quantitative estimate of drug-likeness (QED) is 0.867. The second-order valence-corrected chi connectivity index (χ2v) is 7.60. The Hall–Kier alpha value is -0.550. The molecule has 1 aromatic carbocycles. The van der Waals surface area contributed by atoms with Crippen molar-refractivity contribution in [3.05, 3.63) is 29.8 Å². The van der Waals surface area contributed by atoms with E-state index in [0.29, 0.717) is 12.6 Å². The van der Waals surface area contributed by atoms with Crippen LogP contribution < -0.4 is 5.73 Å². The molecule has 4 heteroatoms. The zero-order chi connectivity index (χ0) is 15.5. The summed E-state index contributed by atoms with van der Waals surface area (Å²) in [5, 5.41) is 0. The van der Waals surface area contributed by atoms with E-state index in [9.17, 15) is 0 Å². The van der Waals surface area contributed by atoms with Gasteiger partial charge in [0.25, 0.3) is 0 Å². The van der Waals surface area contributed by atoms with Crippen molar-refractivity contribution < 1.29 is 0 Å². The molecule has 21 heavy (non-hydrogen) atoms. The molecular formula is C17H29N3S. The number of hydrogen-bond acceptors (Lipinski definition) is 4. The Morgan fingerprint density at radius 1 is 1.10 bits per heavy atom. The first-order valence-electron chi connectivity index (χ1n) is 7.79. The second kappa shape index (κ2) is 7.14. The van der Waals surface area contributed by atoms with Crippen LogP contribution in [0, 0.1) is 0 Å². The zero-order valence-electron chi connectivity index (χ0n) is 13.8. The van der Waals surface area contributed by atoms with Gasteiger partial charge in [-0.3, -0.25) is 9.80 Å². The number of nitrogens with zero attached hydrogens (tertiary/aromatic N) is 2.